The van der Waals surface area contributed by atoms with Crippen LogP contribution >= 0.6 is 11.6 Å². The Balaban J connectivity index is 2.36. The Morgan fingerprint density at radius 3 is 2.47 bits per heavy atom. The van der Waals surface area contributed by atoms with Crippen molar-refractivity contribution < 1.29 is 4.39 Å². The summed E-state index contributed by atoms with van der Waals surface area (Å²) in [7, 11) is 0. The van der Waals surface area contributed by atoms with Crippen LogP contribution in [0.25, 0.3) is 0 Å². The van der Waals surface area contributed by atoms with Gasteiger partial charge in [-0.15, -0.1) is 0 Å². The van der Waals surface area contributed by atoms with Gasteiger partial charge in [0.1, 0.15) is 11.7 Å². The monoisotopic (exact) mass is 248 g/mol. The molecule has 0 aromatic heterocycles. The highest BCUT2D eigenvalue weighted by molar-refractivity contribution is 6.33. The molecule has 2 aromatic carbocycles. The number of nitrogens with zero attached hydrogens (tertiary/aromatic N) is 1. The molecule has 2 N–H and O–H groups in total. The molecule has 0 amide bonds. The molecule has 2 rings (SSSR count). The summed E-state index contributed by atoms with van der Waals surface area (Å²) in [6.07, 6.45) is 0. The zero-order valence-corrected chi connectivity index (χ0v) is 9.66. The Morgan fingerprint density at radius 2 is 1.82 bits per heavy atom. The van der Waals surface area contributed by atoms with Gasteiger partial charge in [-0.25, -0.2) is 9.38 Å². The predicted octanol–water partition coefficient (Wildman–Crippen LogP) is 3.52. The molecule has 0 aliphatic rings. The van der Waals surface area contributed by atoms with Crippen LogP contribution in [0, 0.1) is 5.82 Å². The fraction of sp³-hybridized carbons (Fsp3) is 0. The van der Waals surface area contributed by atoms with E-state index in [2.05, 4.69) is 4.99 Å². The van der Waals surface area contributed by atoms with E-state index < -0.39 is 5.82 Å². The molecule has 0 heterocycles. The number of hydrogen-bond acceptors (Lipinski definition) is 1. The molecule has 4 heteroatoms. The van der Waals surface area contributed by atoms with E-state index in [9.17, 15) is 4.39 Å². The van der Waals surface area contributed by atoms with E-state index >= 15 is 0 Å². The Hall–Kier alpha value is -1.87. The van der Waals surface area contributed by atoms with Crippen LogP contribution in [0.3, 0.4) is 0 Å². The van der Waals surface area contributed by atoms with Crippen molar-refractivity contribution in [3.05, 3.63) is 64.9 Å². The SMILES string of the molecule is NC(=Nc1ccc(F)cc1Cl)c1ccccc1. The first kappa shape index (κ1) is 11.6. The van der Waals surface area contributed by atoms with Crippen molar-refractivity contribution in [1.29, 1.82) is 0 Å². The zero-order chi connectivity index (χ0) is 12.3. The Kier molecular flexibility index (Phi) is 3.40. The maximum atomic E-state index is 12.8. The lowest BCUT2D eigenvalue weighted by Crippen LogP contribution is -2.12. The Bertz CT molecular complexity index is 553. The van der Waals surface area contributed by atoms with Gasteiger partial charge >= 0.3 is 0 Å². The smallest absolute Gasteiger partial charge is 0.131 e. The number of amidine groups is 1. The van der Waals surface area contributed by atoms with E-state index in [4.69, 9.17) is 17.3 Å². The topological polar surface area (TPSA) is 38.4 Å². The Morgan fingerprint density at radius 1 is 1.12 bits per heavy atom. The second kappa shape index (κ2) is 4.97. The first-order valence-corrected chi connectivity index (χ1v) is 5.39. The van der Waals surface area contributed by atoms with Crippen molar-refractivity contribution in [1.82, 2.24) is 0 Å². The van der Waals surface area contributed by atoms with Crippen LogP contribution in [-0.4, -0.2) is 5.84 Å². The summed E-state index contributed by atoms with van der Waals surface area (Å²) >= 11 is 5.86. The first-order chi connectivity index (χ1) is 8.16. The summed E-state index contributed by atoms with van der Waals surface area (Å²) in [5, 5.41) is 0.240. The molecule has 0 fully saturated rings. The molecule has 17 heavy (non-hydrogen) atoms. The summed E-state index contributed by atoms with van der Waals surface area (Å²) in [5.74, 6) is -0.0497. The number of aliphatic imine (C=N–C) groups is 1. The second-order valence-corrected chi connectivity index (χ2v) is 3.87. The summed E-state index contributed by atoms with van der Waals surface area (Å²) in [6.45, 7) is 0. The van der Waals surface area contributed by atoms with Crippen molar-refractivity contribution in [2.45, 2.75) is 0 Å². The maximum absolute atomic E-state index is 12.8. The fourth-order valence-corrected chi connectivity index (χ4v) is 1.58. The largest absolute Gasteiger partial charge is 0.383 e. The number of halogens is 2. The molecule has 2 nitrogen and oxygen atoms in total. The minimum Gasteiger partial charge on any atom is -0.383 e. The van der Waals surface area contributed by atoms with E-state index in [-0.39, 0.29) is 5.02 Å². The molecule has 0 aliphatic heterocycles. The third-order valence-electron chi connectivity index (χ3n) is 2.22. The average Bonchev–Trinajstić information content (AvgIpc) is 2.34. The van der Waals surface area contributed by atoms with Crippen LogP contribution in [0.4, 0.5) is 10.1 Å². The minimum atomic E-state index is -0.396. The van der Waals surface area contributed by atoms with Gasteiger partial charge in [-0.05, 0) is 18.2 Å². The highest BCUT2D eigenvalue weighted by Gasteiger charge is 2.02. The van der Waals surface area contributed by atoms with Crippen molar-refractivity contribution in [2.24, 2.45) is 10.7 Å². The standard InChI is InChI=1S/C13H10ClFN2/c14-11-8-10(15)6-7-12(11)17-13(16)9-4-2-1-3-5-9/h1-8H,(H2,16,17). The van der Waals surface area contributed by atoms with Gasteiger partial charge in [0.25, 0.3) is 0 Å². The van der Waals surface area contributed by atoms with Crippen molar-refractivity contribution in [3.63, 3.8) is 0 Å². The van der Waals surface area contributed by atoms with Crippen molar-refractivity contribution in [3.8, 4) is 0 Å². The number of hydrogen-bond donors (Lipinski definition) is 1. The summed E-state index contributed by atoms with van der Waals surface area (Å²) in [6, 6.07) is 13.3. The van der Waals surface area contributed by atoms with Gasteiger partial charge in [0.05, 0.1) is 10.7 Å². The van der Waals surface area contributed by atoms with Gasteiger partial charge < -0.3 is 5.73 Å². The lowest BCUT2D eigenvalue weighted by atomic mass is 10.2. The molecule has 2 aromatic rings. The lowest BCUT2D eigenvalue weighted by molar-refractivity contribution is 0.628. The molecule has 0 atom stereocenters. The van der Waals surface area contributed by atoms with Crippen LogP contribution in [0.2, 0.25) is 5.02 Å². The quantitative estimate of drug-likeness (QED) is 0.641. The van der Waals surface area contributed by atoms with E-state index in [0.717, 1.165) is 5.56 Å². The summed E-state index contributed by atoms with van der Waals surface area (Å²) in [5.41, 5.74) is 7.08. The molecular formula is C13H10ClFN2. The molecular weight excluding hydrogens is 239 g/mol. The highest BCUT2D eigenvalue weighted by atomic mass is 35.5. The van der Waals surface area contributed by atoms with E-state index in [1.165, 1.54) is 18.2 Å². The van der Waals surface area contributed by atoms with Crippen LogP contribution in [0.15, 0.2) is 53.5 Å². The maximum Gasteiger partial charge on any atom is 0.131 e. The lowest BCUT2D eigenvalue weighted by Gasteiger charge is -2.02. The molecule has 0 spiro atoms. The average molecular weight is 249 g/mol. The highest BCUT2D eigenvalue weighted by Crippen LogP contribution is 2.25. The molecule has 0 saturated carbocycles. The van der Waals surface area contributed by atoms with Crippen LogP contribution in [-0.2, 0) is 0 Å². The van der Waals surface area contributed by atoms with Gasteiger partial charge in [0.15, 0.2) is 0 Å². The molecule has 86 valence electrons. The molecule has 0 unspecified atom stereocenters. The van der Waals surface area contributed by atoms with Crippen molar-refractivity contribution in [2.75, 3.05) is 0 Å². The first-order valence-electron chi connectivity index (χ1n) is 5.01. The van der Waals surface area contributed by atoms with E-state index in [0.29, 0.717) is 11.5 Å². The van der Waals surface area contributed by atoms with E-state index in [1.54, 1.807) is 0 Å². The number of benzene rings is 2. The van der Waals surface area contributed by atoms with Crippen LogP contribution < -0.4 is 5.73 Å². The molecule has 0 bridgehead atoms. The number of rotatable bonds is 2. The zero-order valence-electron chi connectivity index (χ0n) is 8.90. The van der Waals surface area contributed by atoms with Gasteiger partial charge in [-0.1, -0.05) is 41.9 Å². The van der Waals surface area contributed by atoms with Crippen LogP contribution in [0.5, 0.6) is 0 Å². The molecule has 0 saturated heterocycles. The Labute approximate surface area is 104 Å². The number of nitrogens with two attached hydrogens (primary N) is 1. The second-order valence-electron chi connectivity index (χ2n) is 3.46. The van der Waals surface area contributed by atoms with Gasteiger partial charge in [0.2, 0.25) is 0 Å². The van der Waals surface area contributed by atoms with Gasteiger partial charge in [0, 0.05) is 5.56 Å². The third-order valence-corrected chi connectivity index (χ3v) is 2.52. The van der Waals surface area contributed by atoms with Gasteiger partial charge in [-0.2, -0.15) is 0 Å². The third kappa shape index (κ3) is 2.82. The summed E-state index contributed by atoms with van der Waals surface area (Å²) in [4.78, 5) is 4.17. The van der Waals surface area contributed by atoms with Crippen molar-refractivity contribution >= 4 is 23.1 Å². The van der Waals surface area contributed by atoms with E-state index in [1.807, 2.05) is 30.3 Å². The summed E-state index contributed by atoms with van der Waals surface area (Å²) < 4.78 is 12.8. The molecule has 0 aliphatic carbocycles. The minimum absolute atomic E-state index is 0.240. The molecule has 0 radical (unpaired) electrons. The fourth-order valence-electron chi connectivity index (χ4n) is 1.38. The van der Waals surface area contributed by atoms with Gasteiger partial charge in [-0.3, -0.25) is 0 Å². The normalized spacial score (nSPS) is 11.5. The predicted molar refractivity (Wildman–Crippen MR) is 68.2 cm³/mol. The van der Waals surface area contributed by atoms with Crippen LogP contribution in [0.1, 0.15) is 5.56 Å².